The highest BCUT2D eigenvalue weighted by molar-refractivity contribution is 7.85. The van der Waals surface area contributed by atoms with Gasteiger partial charge in [-0.05, 0) is 31.0 Å². The van der Waals surface area contributed by atoms with Crippen LogP contribution >= 0.6 is 0 Å². The van der Waals surface area contributed by atoms with Gasteiger partial charge in [0.15, 0.2) is 0 Å². The number of nitrogens with one attached hydrogen (secondary N) is 1. The molecule has 2 rings (SSSR count). The van der Waals surface area contributed by atoms with Gasteiger partial charge >= 0.3 is 5.97 Å². The van der Waals surface area contributed by atoms with E-state index in [1.807, 2.05) is 0 Å². The molecule has 0 radical (unpaired) electrons. The first-order valence-corrected chi connectivity index (χ1v) is 7.58. The minimum absolute atomic E-state index is 0.0770. The quantitative estimate of drug-likeness (QED) is 0.862. The summed E-state index contributed by atoms with van der Waals surface area (Å²) in [7, 11) is 0.511. The molecule has 0 spiro atoms. The summed E-state index contributed by atoms with van der Waals surface area (Å²) in [5, 5.41) is 3.24. The van der Waals surface area contributed by atoms with Gasteiger partial charge in [0, 0.05) is 34.0 Å². The first kappa shape index (κ1) is 14.0. The zero-order valence-electron chi connectivity index (χ0n) is 10.6. The van der Waals surface area contributed by atoms with Crippen LogP contribution in [-0.2, 0) is 15.5 Å². The molecule has 0 atom stereocenters. The molecule has 1 saturated heterocycles. The van der Waals surface area contributed by atoms with Gasteiger partial charge in [-0.3, -0.25) is 4.21 Å². The molecule has 1 aromatic carbocycles. The fourth-order valence-corrected chi connectivity index (χ4v) is 3.35. The van der Waals surface area contributed by atoms with Gasteiger partial charge in [-0.1, -0.05) is 0 Å². The second-order valence-electron chi connectivity index (χ2n) is 4.45. The minimum Gasteiger partial charge on any atom is -0.465 e. The van der Waals surface area contributed by atoms with Crippen LogP contribution in [0.5, 0.6) is 0 Å². The molecule has 0 saturated carbocycles. The number of anilines is 1. The molecule has 1 aliphatic heterocycles. The van der Waals surface area contributed by atoms with E-state index >= 15 is 0 Å². The van der Waals surface area contributed by atoms with E-state index < -0.39 is 22.6 Å². The summed E-state index contributed by atoms with van der Waals surface area (Å²) in [5.74, 6) is 0.0823. The Kier molecular flexibility index (Phi) is 4.52. The number of hydrogen-bond acceptors (Lipinski definition) is 4. The van der Waals surface area contributed by atoms with Crippen molar-refractivity contribution in [2.75, 3.05) is 23.9 Å². The highest BCUT2D eigenvalue weighted by atomic mass is 32.2. The molecular weight excluding hydrogens is 269 g/mol. The standard InChI is InChI=1S/C13H16FNO3S/c1-18-13(16)11-8-10(2-3-12(11)14)15-9-4-6-19(17)7-5-9/h2-3,8-9,15H,4-7H2,1H3. The van der Waals surface area contributed by atoms with Crippen LogP contribution in [0.1, 0.15) is 23.2 Å². The summed E-state index contributed by atoms with van der Waals surface area (Å²) in [6.45, 7) is 0. The number of halogens is 1. The molecule has 1 aromatic rings. The molecule has 1 fully saturated rings. The summed E-state index contributed by atoms with van der Waals surface area (Å²) in [6.07, 6.45) is 1.63. The first-order valence-electron chi connectivity index (χ1n) is 6.09. The molecule has 0 unspecified atom stereocenters. The van der Waals surface area contributed by atoms with Crippen molar-refractivity contribution in [3.05, 3.63) is 29.6 Å². The monoisotopic (exact) mass is 285 g/mol. The summed E-state index contributed by atoms with van der Waals surface area (Å²) in [5.41, 5.74) is 0.603. The number of esters is 1. The van der Waals surface area contributed by atoms with E-state index in [1.54, 1.807) is 6.07 Å². The SMILES string of the molecule is COC(=O)c1cc(NC2CCS(=O)CC2)ccc1F. The van der Waals surface area contributed by atoms with Crippen LogP contribution < -0.4 is 5.32 Å². The van der Waals surface area contributed by atoms with Crippen molar-refractivity contribution in [3.63, 3.8) is 0 Å². The molecule has 0 aliphatic carbocycles. The van der Waals surface area contributed by atoms with Crippen molar-refractivity contribution < 1.29 is 18.1 Å². The largest absolute Gasteiger partial charge is 0.465 e. The Hall–Kier alpha value is -1.43. The Balaban J connectivity index is 2.08. The van der Waals surface area contributed by atoms with Crippen molar-refractivity contribution >= 4 is 22.5 Å². The summed E-state index contributed by atoms with van der Waals surface area (Å²) in [6, 6.07) is 4.50. The number of methoxy groups -OCH3 is 1. The molecule has 0 bridgehead atoms. The van der Waals surface area contributed by atoms with E-state index in [1.165, 1.54) is 19.2 Å². The molecule has 6 heteroatoms. The number of carbonyl (C=O) groups excluding carboxylic acids is 1. The number of carbonyl (C=O) groups is 1. The zero-order valence-corrected chi connectivity index (χ0v) is 11.5. The van der Waals surface area contributed by atoms with E-state index in [0.29, 0.717) is 17.2 Å². The third-order valence-electron chi connectivity index (χ3n) is 3.13. The van der Waals surface area contributed by atoms with Crippen LogP contribution in [0.25, 0.3) is 0 Å². The smallest absolute Gasteiger partial charge is 0.340 e. The third kappa shape index (κ3) is 3.53. The molecule has 1 N–H and O–H groups in total. The minimum atomic E-state index is -0.710. The van der Waals surface area contributed by atoms with Crippen LogP contribution in [0, 0.1) is 5.82 Å². The Morgan fingerprint density at radius 3 is 2.74 bits per heavy atom. The van der Waals surface area contributed by atoms with Gasteiger partial charge in [0.2, 0.25) is 0 Å². The predicted octanol–water partition coefficient (Wildman–Crippen LogP) is 1.94. The third-order valence-corrected chi connectivity index (χ3v) is 4.51. The van der Waals surface area contributed by atoms with Crippen molar-refractivity contribution in [1.82, 2.24) is 0 Å². The van der Waals surface area contributed by atoms with Crippen LogP contribution in [0.2, 0.25) is 0 Å². The molecule has 0 aromatic heterocycles. The Labute approximate surface area is 113 Å². The van der Waals surface area contributed by atoms with E-state index in [-0.39, 0.29) is 11.6 Å². The summed E-state index contributed by atoms with van der Waals surface area (Å²) < 4.78 is 29.3. The van der Waals surface area contributed by atoms with Gasteiger partial charge in [-0.25, -0.2) is 9.18 Å². The van der Waals surface area contributed by atoms with Crippen LogP contribution in [-0.4, -0.2) is 34.8 Å². The van der Waals surface area contributed by atoms with Gasteiger partial charge < -0.3 is 10.1 Å². The average Bonchev–Trinajstić information content (AvgIpc) is 2.42. The van der Waals surface area contributed by atoms with E-state index in [0.717, 1.165) is 12.8 Å². The Bertz CT molecular complexity index is 497. The lowest BCUT2D eigenvalue weighted by molar-refractivity contribution is 0.0595. The van der Waals surface area contributed by atoms with E-state index in [2.05, 4.69) is 10.1 Å². The fourth-order valence-electron chi connectivity index (χ4n) is 2.06. The molecule has 1 heterocycles. The van der Waals surface area contributed by atoms with Gasteiger partial charge in [-0.2, -0.15) is 0 Å². The van der Waals surface area contributed by atoms with Crippen molar-refractivity contribution in [2.24, 2.45) is 0 Å². The normalized spacial score (nSPS) is 22.8. The summed E-state index contributed by atoms with van der Waals surface area (Å²) >= 11 is 0. The second kappa shape index (κ2) is 6.14. The maximum absolute atomic E-state index is 13.5. The summed E-state index contributed by atoms with van der Waals surface area (Å²) in [4.78, 5) is 11.4. The van der Waals surface area contributed by atoms with Gasteiger partial charge in [0.1, 0.15) is 5.82 Å². The lowest BCUT2D eigenvalue weighted by atomic mass is 10.1. The van der Waals surface area contributed by atoms with Gasteiger partial charge in [-0.15, -0.1) is 0 Å². The average molecular weight is 285 g/mol. The molecule has 0 amide bonds. The van der Waals surface area contributed by atoms with Crippen LogP contribution in [0.4, 0.5) is 10.1 Å². The number of benzene rings is 1. The van der Waals surface area contributed by atoms with Crippen molar-refractivity contribution in [3.8, 4) is 0 Å². The highest BCUT2D eigenvalue weighted by Gasteiger charge is 2.19. The fraction of sp³-hybridized carbons (Fsp3) is 0.462. The Morgan fingerprint density at radius 2 is 2.11 bits per heavy atom. The van der Waals surface area contributed by atoms with Crippen molar-refractivity contribution in [2.45, 2.75) is 18.9 Å². The maximum Gasteiger partial charge on any atom is 0.340 e. The predicted molar refractivity (Wildman–Crippen MR) is 72.3 cm³/mol. The number of rotatable bonds is 3. The lowest BCUT2D eigenvalue weighted by Gasteiger charge is -2.23. The number of hydrogen-bond donors (Lipinski definition) is 1. The molecule has 19 heavy (non-hydrogen) atoms. The van der Waals surface area contributed by atoms with Gasteiger partial charge in [0.05, 0.1) is 12.7 Å². The first-order chi connectivity index (χ1) is 9.10. The van der Waals surface area contributed by atoms with Crippen LogP contribution in [0.3, 0.4) is 0 Å². The van der Waals surface area contributed by atoms with Gasteiger partial charge in [0.25, 0.3) is 0 Å². The Morgan fingerprint density at radius 1 is 1.42 bits per heavy atom. The maximum atomic E-state index is 13.5. The molecule has 104 valence electrons. The van der Waals surface area contributed by atoms with E-state index in [9.17, 15) is 13.4 Å². The lowest BCUT2D eigenvalue weighted by Crippen LogP contribution is -2.29. The highest BCUT2D eigenvalue weighted by Crippen LogP contribution is 2.19. The topological polar surface area (TPSA) is 55.4 Å². The molecule has 4 nitrogen and oxygen atoms in total. The van der Waals surface area contributed by atoms with E-state index in [4.69, 9.17) is 0 Å². The second-order valence-corrected chi connectivity index (χ2v) is 6.15. The molecular formula is C13H16FNO3S. The van der Waals surface area contributed by atoms with Crippen LogP contribution in [0.15, 0.2) is 18.2 Å². The molecule has 1 aliphatic rings. The van der Waals surface area contributed by atoms with Crippen molar-refractivity contribution in [1.29, 1.82) is 0 Å². The zero-order chi connectivity index (χ0) is 13.8. The number of ether oxygens (including phenoxy) is 1.